The minimum atomic E-state index is -0.000262. The predicted molar refractivity (Wildman–Crippen MR) is 86.2 cm³/mol. The number of amides is 1. The molecular formula is C14H18Cl2N2OS. The third-order valence-electron chi connectivity index (χ3n) is 3.55. The van der Waals surface area contributed by atoms with Crippen LogP contribution in [-0.4, -0.2) is 43.2 Å². The maximum absolute atomic E-state index is 12.7. The van der Waals surface area contributed by atoms with Gasteiger partial charge in [0.05, 0.1) is 15.6 Å². The van der Waals surface area contributed by atoms with Crippen LogP contribution in [0.1, 0.15) is 23.2 Å². The quantitative estimate of drug-likeness (QED) is 0.856. The molecular weight excluding hydrogens is 315 g/mol. The Morgan fingerprint density at radius 2 is 2.20 bits per heavy atom. The van der Waals surface area contributed by atoms with E-state index in [1.807, 2.05) is 18.2 Å². The lowest BCUT2D eigenvalue weighted by Crippen LogP contribution is -2.40. The predicted octanol–water partition coefficient (Wildman–Crippen LogP) is 3.54. The Hall–Kier alpha value is -0.420. The first kappa shape index (κ1) is 16.0. The second-order valence-electron chi connectivity index (χ2n) is 4.82. The van der Waals surface area contributed by atoms with Crippen molar-refractivity contribution in [3.8, 4) is 0 Å². The number of nitrogens with one attached hydrogen (secondary N) is 1. The molecule has 1 heterocycles. The van der Waals surface area contributed by atoms with E-state index in [1.165, 1.54) is 11.8 Å². The molecule has 1 N–H and O–H groups in total. The zero-order chi connectivity index (χ0) is 14.7. The molecule has 20 heavy (non-hydrogen) atoms. The van der Waals surface area contributed by atoms with Gasteiger partial charge >= 0.3 is 0 Å². The number of likely N-dealkylation sites (tertiary alicyclic amines) is 1. The van der Waals surface area contributed by atoms with Gasteiger partial charge in [-0.05, 0) is 38.3 Å². The Bertz CT molecular complexity index is 510. The van der Waals surface area contributed by atoms with Crippen LogP contribution in [0.25, 0.3) is 0 Å². The number of thioether (sulfide) groups is 1. The van der Waals surface area contributed by atoms with Gasteiger partial charge in [-0.2, -0.15) is 0 Å². The first-order valence-electron chi connectivity index (χ1n) is 6.57. The number of carbonyl (C=O) groups is 1. The van der Waals surface area contributed by atoms with Crippen LogP contribution < -0.4 is 5.32 Å². The fourth-order valence-corrected chi connectivity index (χ4v) is 3.74. The molecule has 1 aliphatic rings. The van der Waals surface area contributed by atoms with E-state index in [2.05, 4.69) is 5.32 Å². The number of nitrogens with zero attached hydrogens (tertiary/aromatic N) is 1. The molecule has 1 fully saturated rings. The van der Waals surface area contributed by atoms with Gasteiger partial charge in [0.25, 0.3) is 5.91 Å². The first-order chi connectivity index (χ1) is 9.58. The second-order valence-corrected chi connectivity index (χ2v) is 6.48. The van der Waals surface area contributed by atoms with E-state index < -0.39 is 0 Å². The van der Waals surface area contributed by atoms with Gasteiger partial charge in [-0.15, -0.1) is 11.8 Å². The van der Waals surface area contributed by atoms with Crippen LogP contribution in [-0.2, 0) is 0 Å². The number of carbonyl (C=O) groups excluding carboxylic acids is 1. The molecule has 1 unspecified atom stereocenters. The maximum atomic E-state index is 12.7. The number of likely N-dealkylation sites (N-methyl/N-ethyl adjacent to an activating group) is 1. The number of hydrogen-bond acceptors (Lipinski definition) is 3. The van der Waals surface area contributed by atoms with Crippen molar-refractivity contribution < 1.29 is 4.79 Å². The smallest absolute Gasteiger partial charge is 0.255 e. The lowest BCUT2D eigenvalue weighted by molar-refractivity contribution is 0.0737. The van der Waals surface area contributed by atoms with E-state index >= 15 is 0 Å². The molecule has 0 aliphatic carbocycles. The van der Waals surface area contributed by atoms with E-state index in [0.29, 0.717) is 15.6 Å². The Morgan fingerprint density at radius 3 is 2.85 bits per heavy atom. The molecule has 0 bridgehead atoms. The van der Waals surface area contributed by atoms with Gasteiger partial charge < -0.3 is 10.2 Å². The summed E-state index contributed by atoms with van der Waals surface area (Å²) in [5.41, 5.74) is 0.545. The summed E-state index contributed by atoms with van der Waals surface area (Å²) in [6, 6.07) is 3.70. The molecule has 1 aromatic rings. The molecule has 110 valence electrons. The molecule has 1 saturated heterocycles. The molecule has 2 rings (SSSR count). The summed E-state index contributed by atoms with van der Waals surface area (Å²) in [6.45, 7) is 1.60. The van der Waals surface area contributed by atoms with Crippen molar-refractivity contribution in [3.63, 3.8) is 0 Å². The average Bonchev–Trinajstić information content (AvgIpc) is 2.87. The summed E-state index contributed by atoms with van der Waals surface area (Å²) >= 11 is 13.8. The van der Waals surface area contributed by atoms with E-state index in [-0.39, 0.29) is 11.9 Å². The molecule has 0 aromatic heterocycles. The van der Waals surface area contributed by atoms with Crippen LogP contribution in [0.5, 0.6) is 0 Å². The molecule has 1 atom stereocenters. The lowest BCUT2D eigenvalue weighted by Gasteiger charge is -2.25. The minimum Gasteiger partial charge on any atom is -0.334 e. The lowest BCUT2D eigenvalue weighted by atomic mass is 10.1. The monoisotopic (exact) mass is 332 g/mol. The number of hydrogen-bond donors (Lipinski definition) is 1. The highest BCUT2D eigenvalue weighted by atomic mass is 35.5. The van der Waals surface area contributed by atoms with Crippen molar-refractivity contribution in [2.75, 3.05) is 26.4 Å². The summed E-state index contributed by atoms with van der Waals surface area (Å²) in [7, 11) is 1.90. The molecule has 6 heteroatoms. The van der Waals surface area contributed by atoms with Gasteiger partial charge in [-0.3, -0.25) is 4.79 Å². The van der Waals surface area contributed by atoms with Crippen molar-refractivity contribution >= 4 is 40.9 Å². The Balaban J connectivity index is 2.28. The van der Waals surface area contributed by atoms with Crippen LogP contribution >= 0.6 is 35.0 Å². The number of rotatable bonds is 4. The van der Waals surface area contributed by atoms with Crippen molar-refractivity contribution in [2.45, 2.75) is 23.8 Å². The summed E-state index contributed by atoms with van der Waals surface area (Å²) < 4.78 is 0. The number of halogens is 2. The molecule has 0 saturated carbocycles. The van der Waals surface area contributed by atoms with Gasteiger partial charge in [-0.25, -0.2) is 0 Å². The van der Waals surface area contributed by atoms with Crippen molar-refractivity contribution in [2.24, 2.45) is 0 Å². The SMILES string of the molecule is CNCC1CCCN1C(=O)c1cc(SC)c(Cl)cc1Cl. The minimum absolute atomic E-state index is 0.000262. The van der Waals surface area contributed by atoms with Crippen molar-refractivity contribution in [1.29, 1.82) is 0 Å². The summed E-state index contributed by atoms with van der Waals surface area (Å²) in [5.74, 6) is -0.000262. The third-order valence-corrected chi connectivity index (χ3v) is 5.06. The van der Waals surface area contributed by atoms with Crippen LogP contribution in [0.15, 0.2) is 17.0 Å². The van der Waals surface area contributed by atoms with Crippen molar-refractivity contribution in [3.05, 3.63) is 27.7 Å². The van der Waals surface area contributed by atoms with Crippen LogP contribution in [0.4, 0.5) is 0 Å². The van der Waals surface area contributed by atoms with E-state index in [1.54, 1.807) is 12.1 Å². The maximum Gasteiger partial charge on any atom is 0.255 e. The fourth-order valence-electron chi connectivity index (χ4n) is 2.56. The molecule has 3 nitrogen and oxygen atoms in total. The van der Waals surface area contributed by atoms with Crippen molar-refractivity contribution in [1.82, 2.24) is 10.2 Å². The molecule has 1 aromatic carbocycles. The highest BCUT2D eigenvalue weighted by molar-refractivity contribution is 7.98. The molecule has 0 radical (unpaired) electrons. The number of benzene rings is 1. The van der Waals surface area contributed by atoms with Gasteiger partial charge in [0.1, 0.15) is 0 Å². The van der Waals surface area contributed by atoms with Crippen LogP contribution in [0.2, 0.25) is 10.0 Å². The van der Waals surface area contributed by atoms with E-state index in [4.69, 9.17) is 23.2 Å². The Kier molecular flexibility index (Phi) is 5.61. The zero-order valence-electron chi connectivity index (χ0n) is 11.6. The molecule has 1 aliphatic heterocycles. The second kappa shape index (κ2) is 7.03. The van der Waals surface area contributed by atoms with Gasteiger partial charge in [0.15, 0.2) is 0 Å². The Morgan fingerprint density at radius 1 is 1.45 bits per heavy atom. The fraction of sp³-hybridized carbons (Fsp3) is 0.500. The summed E-state index contributed by atoms with van der Waals surface area (Å²) in [5, 5.41) is 4.15. The standard InChI is InChI=1S/C14H18Cl2N2OS/c1-17-8-9-4-3-5-18(9)14(19)10-6-13(20-2)12(16)7-11(10)15/h6-7,9,17H,3-5,8H2,1-2H3. The highest BCUT2D eigenvalue weighted by Crippen LogP contribution is 2.32. The van der Waals surface area contributed by atoms with Gasteiger partial charge in [0, 0.05) is 24.0 Å². The van der Waals surface area contributed by atoms with Crippen LogP contribution in [0, 0.1) is 0 Å². The van der Waals surface area contributed by atoms with Gasteiger partial charge in [-0.1, -0.05) is 23.2 Å². The normalized spacial score (nSPS) is 18.6. The van der Waals surface area contributed by atoms with E-state index in [0.717, 1.165) is 30.8 Å². The summed E-state index contributed by atoms with van der Waals surface area (Å²) in [4.78, 5) is 15.5. The molecule has 1 amide bonds. The summed E-state index contributed by atoms with van der Waals surface area (Å²) in [6.07, 6.45) is 4.01. The Labute approximate surface area is 134 Å². The van der Waals surface area contributed by atoms with Crippen LogP contribution in [0.3, 0.4) is 0 Å². The largest absolute Gasteiger partial charge is 0.334 e. The zero-order valence-corrected chi connectivity index (χ0v) is 13.9. The topological polar surface area (TPSA) is 32.3 Å². The highest BCUT2D eigenvalue weighted by Gasteiger charge is 2.30. The first-order valence-corrected chi connectivity index (χ1v) is 8.55. The van der Waals surface area contributed by atoms with Gasteiger partial charge in [0.2, 0.25) is 0 Å². The molecule has 0 spiro atoms. The average molecular weight is 333 g/mol. The van der Waals surface area contributed by atoms with E-state index in [9.17, 15) is 4.79 Å². The third kappa shape index (κ3) is 3.25.